The molecule has 2 atom stereocenters. The fraction of sp³-hybridized carbons (Fsp3) is 0.500. The number of imide groups is 1. The molecule has 2 rings (SSSR count). The quantitative estimate of drug-likeness (QED) is 0.717. The van der Waals surface area contributed by atoms with Crippen LogP contribution in [0.3, 0.4) is 0 Å². The Bertz CT molecular complexity index is 586. The number of hydrogen-bond acceptors (Lipinski definition) is 5. The van der Waals surface area contributed by atoms with Crippen LogP contribution in [0.15, 0.2) is 30.3 Å². The summed E-state index contributed by atoms with van der Waals surface area (Å²) in [6, 6.07) is 9.29. The number of benzene rings is 1. The van der Waals surface area contributed by atoms with E-state index in [1.165, 1.54) is 12.0 Å². The predicted octanol–water partition coefficient (Wildman–Crippen LogP) is 2.56. The number of amides is 2. The largest absolute Gasteiger partial charge is 0.469 e. The molecule has 0 aliphatic carbocycles. The second kappa shape index (κ2) is 8.47. The normalized spacial score (nSPS) is 18.2. The van der Waals surface area contributed by atoms with Gasteiger partial charge in [-0.15, -0.1) is 0 Å². The average molecular weight is 333 g/mol. The van der Waals surface area contributed by atoms with Crippen LogP contribution in [0.25, 0.3) is 0 Å². The Morgan fingerprint density at radius 1 is 1.33 bits per heavy atom. The summed E-state index contributed by atoms with van der Waals surface area (Å²) < 4.78 is 9.74. The van der Waals surface area contributed by atoms with Crippen molar-refractivity contribution in [2.24, 2.45) is 5.92 Å². The van der Waals surface area contributed by atoms with E-state index in [1.807, 2.05) is 37.3 Å². The van der Waals surface area contributed by atoms with Gasteiger partial charge in [0.15, 0.2) is 0 Å². The zero-order valence-electron chi connectivity index (χ0n) is 14.1. The van der Waals surface area contributed by atoms with E-state index < -0.39 is 18.0 Å². The number of esters is 1. The van der Waals surface area contributed by atoms with E-state index in [-0.39, 0.29) is 25.0 Å². The number of hydrogen-bond donors (Lipinski definition) is 0. The van der Waals surface area contributed by atoms with Crippen LogP contribution in [0.4, 0.5) is 4.79 Å². The van der Waals surface area contributed by atoms with Gasteiger partial charge in [-0.25, -0.2) is 9.69 Å². The van der Waals surface area contributed by atoms with E-state index >= 15 is 0 Å². The van der Waals surface area contributed by atoms with E-state index in [2.05, 4.69) is 4.74 Å². The fourth-order valence-corrected chi connectivity index (χ4v) is 2.91. The van der Waals surface area contributed by atoms with Gasteiger partial charge in [0, 0.05) is 5.92 Å². The molecule has 0 unspecified atom stereocenters. The molecule has 0 bridgehead atoms. The maximum absolute atomic E-state index is 12.8. The lowest BCUT2D eigenvalue weighted by Crippen LogP contribution is -2.44. The Hall–Kier alpha value is -2.37. The SMILES string of the molecule is CCC[C@H](CC(=O)OC)C(=O)N1C(=O)OC[C@@H]1Cc1ccccc1. The van der Waals surface area contributed by atoms with Crippen molar-refractivity contribution in [3.05, 3.63) is 35.9 Å². The lowest BCUT2D eigenvalue weighted by atomic mass is 9.96. The van der Waals surface area contributed by atoms with Crippen LogP contribution in [-0.4, -0.2) is 42.6 Å². The second-order valence-electron chi connectivity index (χ2n) is 5.89. The Kier molecular flexibility index (Phi) is 6.35. The number of rotatable bonds is 7. The number of ether oxygens (including phenoxy) is 2. The predicted molar refractivity (Wildman–Crippen MR) is 87.2 cm³/mol. The van der Waals surface area contributed by atoms with Gasteiger partial charge in [0.05, 0.1) is 19.6 Å². The van der Waals surface area contributed by atoms with Gasteiger partial charge in [-0.05, 0) is 18.4 Å². The molecule has 24 heavy (non-hydrogen) atoms. The minimum absolute atomic E-state index is 0.0228. The highest BCUT2D eigenvalue weighted by atomic mass is 16.6. The molecule has 130 valence electrons. The molecule has 6 nitrogen and oxygen atoms in total. The van der Waals surface area contributed by atoms with Crippen molar-refractivity contribution >= 4 is 18.0 Å². The number of carbonyl (C=O) groups excluding carboxylic acids is 3. The van der Waals surface area contributed by atoms with E-state index in [4.69, 9.17) is 4.74 Å². The molecule has 1 heterocycles. The van der Waals surface area contributed by atoms with Crippen LogP contribution in [0, 0.1) is 5.92 Å². The first-order valence-electron chi connectivity index (χ1n) is 8.17. The van der Waals surface area contributed by atoms with Gasteiger partial charge in [0.25, 0.3) is 0 Å². The molecule has 2 amide bonds. The summed E-state index contributed by atoms with van der Waals surface area (Å²) in [6.45, 7) is 2.11. The molecule has 0 radical (unpaired) electrons. The molecule has 1 aliphatic heterocycles. The number of carbonyl (C=O) groups is 3. The minimum atomic E-state index is -0.632. The van der Waals surface area contributed by atoms with Crippen LogP contribution in [0.1, 0.15) is 31.7 Å². The van der Waals surface area contributed by atoms with Crippen LogP contribution in [0.2, 0.25) is 0 Å². The average Bonchev–Trinajstić information content (AvgIpc) is 2.95. The molecule has 1 aromatic rings. The van der Waals surface area contributed by atoms with Crippen LogP contribution in [-0.2, 0) is 25.5 Å². The van der Waals surface area contributed by atoms with Gasteiger partial charge in [-0.2, -0.15) is 0 Å². The molecule has 1 saturated heterocycles. The first kappa shape index (κ1) is 18.0. The lowest BCUT2D eigenvalue weighted by Gasteiger charge is -2.24. The van der Waals surface area contributed by atoms with Gasteiger partial charge in [-0.3, -0.25) is 9.59 Å². The molecule has 1 fully saturated rings. The summed E-state index contributed by atoms with van der Waals surface area (Å²) in [7, 11) is 1.29. The van der Waals surface area contributed by atoms with Crippen molar-refractivity contribution in [2.45, 2.75) is 38.6 Å². The van der Waals surface area contributed by atoms with Crippen molar-refractivity contribution in [3.63, 3.8) is 0 Å². The standard InChI is InChI=1S/C18H23NO5/c1-3-7-14(11-16(20)23-2)17(21)19-15(12-24-18(19)22)10-13-8-5-4-6-9-13/h4-6,8-9,14-15H,3,7,10-12H2,1-2H3/t14-,15+/m1/s1. The first-order valence-corrected chi connectivity index (χ1v) is 8.17. The molecule has 1 aliphatic rings. The Morgan fingerprint density at radius 2 is 2.04 bits per heavy atom. The van der Waals surface area contributed by atoms with Gasteiger partial charge in [-0.1, -0.05) is 43.7 Å². The van der Waals surface area contributed by atoms with Crippen molar-refractivity contribution in [1.82, 2.24) is 4.90 Å². The van der Waals surface area contributed by atoms with Crippen molar-refractivity contribution < 1.29 is 23.9 Å². The zero-order chi connectivity index (χ0) is 17.5. The summed E-state index contributed by atoms with van der Waals surface area (Å²) in [5.41, 5.74) is 1.03. The maximum atomic E-state index is 12.8. The van der Waals surface area contributed by atoms with E-state index in [0.29, 0.717) is 12.8 Å². The highest BCUT2D eigenvalue weighted by molar-refractivity contribution is 5.96. The number of methoxy groups -OCH3 is 1. The second-order valence-corrected chi connectivity index (χ2v) is 5.89. The summed E-state index contributed by atoms with van der Waals surface area (Å²) in [5.74, 6) is -1.37. The lowest BCUT2D eigenvalue weighted by molar-refractivity contribution is -0.146. The Balaban J connectivity index is 2.13. The smallest absolute Gasteiger partial charge is 0.416 e. The van der Waals surface area contributed by atoms with Gasteiger partial charge in [0.1, 0.15) is 6.61 Å². The summed E-state index contributed by atoms with van der Waals surface area (Å²) in [4.78, 5) is 37.6. The van der Waals surface area contributed by atoms with Gasteiger partial charge < -0.3 is 9.47 Å². The third-order valence-electron chi connectivity index (χ3n) is 4.14. The van der Waals surface area contributed by atoms with Gasteiger partial charge in [0.2, 0.25) is 5.91 Å². The third kappa shape index (κ3) is 4.34. The summed E-state index contributed by atoms with van der Waals surface area (Å²) in [5, 5.41) is 0. The summed E-state index contributed by atoms with van der Waals surface area (Å²) >= 11 is 0. The van der Waals surface area contributed by atoms with E-state index in [1.54, 1.807) is 0 Å². The third-order valence-corrected chi connectivity index (χ3v) is 4.14. The van der Waals surface area contributed by atoms with Crippen LogP contribution < -0.4 is 0 Å². The fourth-order valence-electron chi connectivity index (χ4n) is 2.91. The molecular formula is C18H23NO5. The van der Waals surface area contributed by atoms with E-state index in [0.717, 1.165) is 12.0 Å². The molecule has 0 aromatic heterocycles. The topological polar surface area (TPSA) is 72.9 Å². The number of nitrogens with zero attached hydrogens (tertiary/aromatic N) is 1. The number of cyclic esters (lactones) is 1. The molecule has 0 N–H and O–H groups in total. The monoisotopic (exact) mass is 333 g/mol. The summed E-state index contributed by atoms with van der Waals surface area (Å²) in [6.07, 6.45) is 1.14. The molecule has 1 aromatic carbocycles. The van der Waals surface area contributed by atoms with Gasteiger partial charge >= 0.3 is 12.1 Å². The van der Waals surface area contributed by atoms with Crippen LogP contribution in [0.5, 0.6) is 0 Å². The van der Waals surface area contributed by atoms with Crippen molar-refractivity contribution in [3.8, 4) is 0 Å². The Labute approximate surface area is 141 Å². The van der Waals surface area contributed by atoms with Crippen LogP contribution >= 0.6 is 0 Å². The highest BCUT2D eigenvalue weighted by Gasteiger charge is 2.41. The zero-order valence-corrected chi connectivity index (χ0v) is 14.1. The molecular weight excluding hydrogens is 310 g/mol. The van der Waals surface area contributed by atoms with Crippen molar-refractivity contribution in [2.75, 3.05) is 13.7 Å². The first-order chi connectivity index (χ1) is 11.6. The van der Waals surface area contributed by atoms with E-state index in [9.17, 15) is 14.4 Å². The molecule has 0 saturated carbocycles. The highest BCUT2D eigenvalue weighted by Crippen LogP contribution is 2.23. The van der Waals surface area contributed by atoms with Crippen molar-refractivity contribution in [1.29, 1.82) is 0 Å². The molecule has 6 heteroatoms. The molecule has 0 spiro atoms. The Morgan fingerprint density at radius 3 is 2.67 bits per heavy atom. The maximum Gasteiger partial charge on any atom is 0.416 e. The minimum Gasteiger partial charge on any atom is -0.469 e.